The number of aromatic nitrogens is 5. The highest BCUT2D eigenvalue weighted by Crippen LogP contribution is 2.36. The van der Waals surface area contributed by atoms with E-state index in [1.165, 1.54) is 36.5 Å². The zero-order valence-corrected chi connectivity index (χ0v) is 25.1. The van der Waals surface area contributed by atoms with E-state index in [4.69, 9.17) is 22.1 Å². The lowest BCUT2D eigenvalue weighted by molar-refractivity contribution is -0.150. The van der Waals surface area contributed by atoms with E-state index >= 15 is 0 Å². The summed E-state index contributed by atoms with van der Waals surface area (Å²) < 4.78 is 98.5. The van der Waals surface area contributed by atoms with E-state index in [0.29, 0.717) is 28.3 Å². The Morgan fingerprint density at radius 3 is 2.42 bits per heavy atom. The molecule has 0 fully saturated rings. The Morgan fingerprint density at radius 1 is 1.08 bits per heavy atom. The van der Waals surface area contributed by atoms with Gasteiger partial charge in [0.2, 0.25) is 0 Å². The van der Waals surface area contributed by atoms with Crippen molar-refractivity contribution in [2.24, 2.45) is 10.7 Å². The molecule has 0 aliphatic carbocycles. The minimum atomic E-state index is -4.78. The zero-order valence-electron chi connectivity index (χ0n) is 24.3. The van der Waals surface area contributed by atoms with Crippen molar-refractivity contribution in [3.8, 4) is 16.8 Å². The molecule has 1 aliphatic rings. The highest BCUT2D eigenvalue weighted by Gasteiger charge is 2.41. The molecule has 0 bridgehead atoms. The van der Waals surface area contributed by atoms with Gasteiger partial charge in [0.25, 0.3) is 12.3 Å². The van der Waals surface area contributed by atoms with E-state index < -0.39 is 61.7 Å². The first-order valence-corrected chi connectivity index (χ1v) is 14.1. The molecule has 3 N–H and O–H groups in total. The van der Waals surface area contributed by atoms with Crippen LogP contribution in [0.25, 0.3) is 16.8 Å². The quantitative estimate of drug-likeness (QED) is 0.201. The maximum atomic E-state index is 13.8. The summed E-state index contributed by atoms with van der Waals surface area (Å²) in [5.74, 6) is -1.87. The van der Waals surface area contributed by atoms with Crippen LogP contribution in [0.3, 0.4) is 0 Å². The molecule has 1 aliphatic heterocycles. The number of amides is 2. The van der Waals surface area contributed by atoms with Gasteiger partial charge in [-0.1, -0.05) is 41.9 Å². The van der Waals surface area contributed by atoms with Crippen LogP contribution in [0.4, 0.5) is 35.5 Å². The van der Waals surface area contributed by atoms with Crippen molar-refractivity contribution < 1.29 is 45.1 Å². The topological polar surface area (TPSA) is 146 Å². The average molecular weight is 702 g/mol. The van der Waals surface area contributed by atoms with Crippen molar-refractivity contribution in [1.82, 2.24) is 34.8 Å². The number of aliphatic imine (C=N–C) groups is 1. The number of rotatable bonds is 10. The largest absolute Gasteiger partial charge is 0.447 e. The molecule has 0 saturated heterocycles. The fourth-order valence-electron chi connectivity index (χ4n) is 4.74. The number of halogens is 8. The molecule has 3 atom stereocenters. The number of hydrogen-bond acceptors (Lipinski definition) is 8. The number of hydrogen-bond donors (Lipinski definition) is 2. The Kier molecular flexibility index (Phi) is 9.60. The molecule has 0 radical (unpaired) electrons. The number of carbonyl (C=O) groups excluding carboxylic acids is 2. The van der Waals surface area contributed by atoms with Gasteiger partial charge in [-0.2, -0.15) is 32.1 Å². The zero-order chi connectivity index (χ0) is 34.9. The normalized spacial score (nSPS) is 16.4. The smallest absolute Gasteiger partial charge is 0.408 e. The van der Waals surface area contributed by atoms with Crippen LogP contribution in [0.1, 0.15) is 48.9 Å². The van der Waals surface area contributed by atoms with Gasteiger partial charge in [0.15, 0.2) is 17.8 Å². The fraction of sp³-hybridized carbons (Fsp3) is 0.286. The van der Waals surface area contributed by atoms with Crippen LogP contribution in [0, 0.1) is 0 Å². The lowest BCUT2D eigenvalue weighted by Gasteiger charge is -2.29. The number of guanidine groups is 1. The van der Waals surface area contributed by atoms with E-state index in [1.807, 2.05) is 0 Å². The lowest BCUT2D eigenvalue weighted by atomic mass is 10.0. The first-order valence-electron chi connectivity index (χ1n) is 13.7. The van der Waals surface area contributed by atoms with Gasteiger partial charge in [0.1, 0.15) is 19.0 Å². The molecular weight excluding hydrogens is 679 g/mol. The number of nitrogens with zero attached hydrogens (tertiary/aromatic N) is 7. The predicted molar refractivity (Wildman–Crippen MR) is 154 cm³/mol. The molecule has 0 unspecified atom stereocenters. The molecule has 0 spiro atoms. The minimum absolute atomic E-state index is 0.0611. The highest BCUT2D eigenvalue weighted by molar-refractivity contribution is 6.32. The Bertz CT molecular complexity index is 1830. The molecule has 2 amide bonds. The number of alkyl halides is 7. The van der Waals surface area contributed by atoms with Crippen molar-refractivity contribution in [1.29, 1.82) is 0 Å². The summed E-state index contributed by atoms with van der Waals surface area (Å²) in [7, 11) is 0. The molecule has 3 heterocycles. The molecule has 5 rings (SSSR count). The van der Waals surface area contributed by atoms with E-state index in [0.717, 1.165) is 22.1 Å². The second-order valence-corrected chi connectivity index (χ2v) is 10.7. The maximum Gasteiger partial charge on any atom is 0.408 e. The molecule has 0 saturated carbocycles. The van der Waals surface area contributed by atoms with Gasteiger partial charge in [-0.25, -0.2) is 32.9 Å². The van der Waals surface area contributed by atoms with Crippen LogP contribution in [0.15, 0.2) is 66.2 Å². The number of benzene rings is 2. The van der Waals surface area contributed by atoms with E-state index in [1.54, 1.807) is 17.4 Å². The van der Waals surface area contributed by atoms with E-state index in [9.17, 15) is 40.3 Å². The van der Waals surface area contributed by atoms with Crippen LogP contribution >= 0.6 is 11.6 Å². The van der Waals surface area contributed by atoms with Crippen molar-refractivity contribution in [2.75, 3.05) is 6.61 Å². The van der Waals surface area contributed by atoms with Gasteiger partial charge in [0, 0.05) is 11.8 Å². The highest BCUT2D eigenvalue weighted by atomic mass is 35.5. The van der Waals surface area contributed by atoms with Crippen LogP contribution in [0.2, 0.25) is 5.02 Å². The van der Waals surface area contributed by atoms with Crippen LogP contribution in [0.5, 0.6) is 0 Å². The Labute approximate surface area is 270 Å². The van der Waals surface area contributed by atoms with Crippen LogP contribution in [-0.2, 0) is 9.53 Å². The third-order valence-electron chi connectivity index (χ3n) is 7.20. The van der Waals surface area contributed by atoms with Gasteiger partial charge >= 0.3 is 18.8 Å². The van der Waals surface area contributed by atoms with Gasteiger partial charge in [-0.3, -0.25) is 9.69 Å². The Balaban J connectivity index is 1.46. The summed E-state index contributed by atoms with van der Waals surface area (Å²) in [6, 6.07) is 5.11. The molecule has 48 heavy (non-hydrogen) atoms. The first kappa shape index (κ1) is 34.1. The monoisotopic (exact) mass is 701 g/mol. The summed E-state index contributed by atoms with van der Waals surface area (Å²) in [6.45, 7) is -2.91. The fourth-order valence-corrected chi connectivity index (χ4v) is 4.93. The maximum absolute atomic E-state index is 13.8. The summed E-state index contributed by atoms with van der Waals surface area (Å²) >= 11 is 6.28. The minimum Gasteiger partial charge on any atom is -0.447 e. The van der Waals surface area contributed by atoms with Crippen LogP contribution in [-0.4, -0.2) is 66.2 Å². The number of nitrogens with two attached hydrogens (primary N) is 1. The van der Waals surface area contributed by atoms with Crippen molar-refractivity contribution >= 4 is 29.6 Å². The van der Waals surface area contributed by atoms with E-state index in [2.05, 4.69) is 20.2 Å². The molecule has 2 aromatic heterocycles. The van der Waals surface area contributed by atoms with Gasteiger partial charge in [0.05, 0.1) is 22.9 Å². The first-order chi connectivity index (χ1) is 22.6. The molecule has 20 heteroatoms. The number of ether oxygens (including phenoxy) is 1. The molecule has 4 aromatic rings. The second kappa shape index (κ2) is 13.5. The number of carbonyl (C=O) groups is 2. The van der Waals surface area contributed by atoms with Crippen LogP contribution < -0.4 is 11.1 Å². The number of alkyl carbamates (subject to hydrolysis) is 1. The molecule has 2 aromatic carbocycles. The van der Waals surface area contributed by atoms with Crippen molar-refractivity contribution in [3.63, 3.8) is 0 Å². The molecular formula is C28H23ClF7N9O3. The van der Waals surface area contributed by atoms with Gasteiger partial charge < -0.3 is 15.8 Å². The summed E-state index contributed by atoms with van der Waals surface area (Å²) in [4.78, 5) is 34.9. The van der Waals surface area contributed by atoms with Crippen molar-refractivity contribution in [3.05, 3.63) is 83.2 Å². The summed E-state index contributed by atoms with van der Waals surface area (Å²) in [5, 5.41) is 8.95. The second-order valence-electron chi connectivity index (χ2n) is 10.3. The third-order valence-corrected chi connectivity index (χ3v) is 7.52. The van der Waals surface area contributed by atoms with Gasteiger partial charge in [-0.15, -0.1) is 0 Å². The van der Waals surface area contributed by atoms with Crippen molar-refractivity contribution in [2.45, 2.75) is 44.2 Å². The standard InChI is InChI=1S/C28H23ClF7N9O3/c1-13(28(34,35)36)41-27(47)48-11-20(16-6-7-18(29)19(8-16)45-23(22(30)31)38-12-40-45)44-24(46)21(42-26(44)37)15-4-2-14(3-5-15)17-9-39-43(10-17)25(32)33/h2-10,12-13,20-22,25H,11H2,1H3,(H2,37,42)(H,41,47)/t13-,20+,21+/m0/s1. The predicted octanol–water partition coefficient (Wildman–Crippen LogP) is 5.73. The third kappa shape index (κ3) is 7.04. The summed E-state index contributed by atoms with van der Waals surface area (Å²) in [6.07, 6.45) is -6.07. The molecule has 254 valence electrons. The Morgan fingerprint density at radius 2 is 1.79 bits per heavy atom. The van der Waals surface area contributed by atoms with E-state index in [-0.39, 0.29) is 22.2 Å². The molecule has 12 nitrogen and oxygen atoms in total. The van der Waals surface area contributed by atoms with Gasteiger partial charge in [-0.05, 0) is 35.7 Å². The Hall–Kier alpha value is -5.20. The number of nitrogens with one attached hydrogen (secondary N) is 1. The lowest BCUT2D eigenvalue weighted by Crippen LogP contribution is -2.46. The average Bonchev–Trinajstić information content (AvgIpc) is 3.78. The summed E-state index contributed by atoms with van der Waals surface area (Å²) in [5.41, 5.74) is 7.37. The SMILES string of the molecule is C[C@H](NC(=O)OC[C@H](c1ccc(Cl)c(-n2ncnc2C(F)F)c1)N1C(=O)[C@@H](c2ccc(-c3cnn(C(F)F)c3)cc2)N=C1N)C(F)(F)F.